The van der Waals surface area contributed by atoms with Crippen molar-refractivity contribution in [2.75, 3.05) is 39.3 Å². The van der Waals surface area contributed by atoms with Crippen LogP contribution in [-0.2, 0) is 16.0 Å². The predicted octanol–water partition coefficient (Wildman–Crippen LogP) is 2.95. The molecule has 1 aromatic carbocycles. The summed E-state index contributed by atoms with van der Waals surface area (Å²) >= 11 is 0. The molecular formula is C24H37N3O2. The maximum atomic E-state index is 12.6. The summed E-state index contributed by atoms with van der Waals surface area (Å²) in [5.74, 6) is 1.72. The molecule has 5 heteroatoms. The van der Waals surface area contributed by atoms with Crippen LogP contribution >= 0.6 is 0 Å². The van der Waals surface area contributed by atoms with Crippen molar-refractivity contribution in [3.63, 3.8) is 0 Å². The van der Waals surface area contributed by atoms with Crippen molar-refractivity contribution in [2.45, 2.75) is 46.0 Å². The van der Waals surface area contributed by atoms with Crippen molar-refractivity contribution in [3.05, 3.63) is 35.9 Å². The normalized spacial score (nSPS) is 25.6. The van der Waals surface area contributed by atoms with E-state index in [-0.39, 0.29) is 17.7 Å². The van der Waals surface area contributed by atoms with Crippen molar-refractivity contribution < 1.29 is 9.59 Å². The Labute approximate surface area is 175 Å². The largest absolute Gasteiger partial charge is 0.356 e. The predicted molar refractivity (Wildman–Crippen MR) is 116 cm³/mol. The average molecular weight is 400 g/mol. The Balaban J connectivity index is 1.37. The molecule has 2 aliphatic heterocycles. The molecule has 0 aromatic heterocycles. The molecule has 0 bridgehead atoms. The minimum Gasteiger partial charge on any atom is -0.356 e. The molecule has 3 atom stereocenters. The highest BCUT2D eigenvalue weighted by molar-refractivity contribution is 5.82. The molecular weight excluding hydrogens is 362 g/mol. The first-order valence-electron chi connectivity index (χ1n) is 11.3. The lowest BCUT2D eigenvalue weighted by molar-refractivity contribution is -0.135. The number of hydrogen-bond donors (Lipinski definition) is 1. The Morgan fingerprint density at radius 2 is 1.79 bits per heavy atom. The van der Waals surface area contributed by atoms with Crippen molar-refractivity contribution in [2.24, 2.45) is 17.8 Å². The van der Waals surface area contributed by atoms with Gasteiger partial charge in [-0.25, -0.2) is 0 Å². The SMILES string of the molecule is CC1CC(C)CN(CCCNC(=O)C2CCCN(C(=O)Cc3ccccc3)C2)C1. The van der Waals surface area contributed by atoms with Gasteiger partial charge in [-0.15, -0.1) is 0 Å². The van der Waals surface area contributed by atoms with E-state index in [9.17, 15) is 9.59 Å². The highest BCUT2D eigenvalue weighted by Gasteiger charge is 2.28. The number of rotatable bonds is 7. The lowest BCUT2D eigenvalue weighted by Crippen LogP contribution is -2.46. The first-order chi connectivity index (χ1) is 14.0. The van der Waals surface area contributed by atoms with E-state index >= 15 is 0 Å². The van der Waals surface area contributed by atoms with Gasteiger partial charge in [0.25, 0.3) is 0 Å². The van der Waals surface area contributed by atoms with E-state index in [1.807, 2.05) is 35.2 Å². The van der Waals surface area contributed by atoms with E-state index in [2.05, 4.69) is 24.1 Å². The van der Waals surface area contributed by atoms with Gasteiger partial charge in [0.15, 0.2) is 0 Å². The van der Waals surface area contributed by atoms with Crippen LogP contribution in [0, 0.1) is 17.8 Å². The third kappa shape index (κ3) is 6.84. The molecule has 0 spiro atoms. The van der Waals surface area contributed by atoms with Crippen LogP contribution < -0.4 is 5.32 Å². The molecule has 2 fully saturated rings. The van der Waals surface area contributed by atoms with Gasteiger partial charge in [0.1, 0.15) is 0 Å². The van der Waals surface area contributed by atoms with Gasteiger partial charge in [-0.05, 0) is 49.6 Å². The third-order valence-electron chi connectivity index (χ3n) is 6.24. The number of carbonyl (C=O) groups is 2. The topological polar surface area (TPSA) is 52.7 Å². The van der Waals surface area contributed by atoms with Crippen LogP contribution in [-0.4, -0.2) is 60.9 Å². The van der Waals surface area contributed by atoms with Crippen LogP contribution in [0.5, 0.6) is 0 Å². The summed E-state index contributed by atoms with van der Waals surface area (Å²) in [4.78, 5) is 29.6. The molecule has 0 saturated carbocycles. The number of carbonyl (C=O) groups excluding carboxylic acids is 2. The van der Waals surface area contributed by atoms with Gasteiger partial charge in [0.05, 0.1) is 12.3 Å². The zero-order valence-electron chi connectivity index (χ0n) is 18.1. The Morgan fingerprint density at radius 1 is 1.07 bits per heavy atom. The molecule has 0 aliphatic carbocycles. The summed E-state index contributed by atoms with van der Waals surface area (Å²) in [6.07, 6.45) is 4.52. The first-order valence-corrected chi connectivity index (χ1v) is 11.3. The summed E-state index contributed by atoms with van der Waals surface area (Å²) in [6.45, 7) is 10.1. The maximum Gasteiger partial charge on any atom is 0.227 e. The molecule has 1 N–H and O–H groups in total. The minimum atomic E-state index is -0.0708. The van der Waals surface area contributed by atoms with E-state index in [1.165, 1.54) is 19.5 Å². The fourth-order valence-electron chi connectivity index (χ4n) is 4.93. The van der Waals surface area contributed by atoms with E-state index < -0.39 is 0 Å². The maximum absolute atomic E-state index is 12.6. The molecule has 5 nitrogen and oxygen atoms in total. The van der Waals surface area contributed by atoms with Gasteiger partial charge in [-0.3, -0.25) is 9.59 Å². The van der Waals surface area contributed by atoms with Crippen molar-refractivity contribution in [1.82, 2.24) is 15.1 Å². The lowest BCUT2D eigenvalue weighted by Gasteiger charge is -2.35. The number of likely N-dealkylation sites (tertiary alicyclic amines) is 2. The summed E-state index contributed by atoms with van der Waals surface area (Å²) in [7, 11) is 0. The molecule has 160 valence electrons. The van der Waals surface area contributed by atoms with Crippen LogP contribution in [0.15, 0.2) is 30.3 Å². The average Bonchev–Trinajstić information content (AvgIpc) is 2.71. The summed E-state index contributed by atoms with van der Waals surface area (Å²) in [6, 6.07) is 9.84. The zero-order chi connectivity index (χ0) is 20.6. The fourth-order valence-corrected chi connectivity index (χ4v) is 4.93. The molecule has 0 radical (unpaired) electrons. The molecule has 3 rings (SSSR count). The van der Waals surface area contributed by atoms with E-state index in [1.54, 1.807) is 0 Å². The second kappa shape index (κ2) is 10.8. The number of benzene rings is 1. The number of amides is 2. The standard InChI is InChI=1S/C24H37N3O2/c1-19-14-20(2)17-26(16-19)12-7-11-25-24(29)22-10-6-13-27(18-22)23(28)15-21-8-4-3-5-9-21/h3-5,8-9,19-20,22H,6-7,10-18H2,1-2H3,(H,25,29). The lowest BCUT2D eigenvalue weighted by atomic mass is 9.92. The van der Waals surface area contributed by atoms with Crippen LogP contribution in [0.1, 0.15) is 45.1 Å². The van der Waals surface area contributed by atoms with Gasteiger partial charge in [0, 0.05) is 32.7 Å². The second-order valence-corrected chi connectivity index (χ2v) is 9.19. The highest BCUT2D eigenvalue weighted by Crippen LogP contribution is 2.21. The van der Waals surface area contributed by atoms with Gasteiger partial charge in [0.2, 0.25) is 11.8 Å². The molecule has 2 heterocycles. The molecule has 3 unspecified atom stereocenters. The summed E-state index contributed by atoms with van der Waals surface area (Å²) in [5.41, 5.74) is 1.03. The van der Waals surface area contributed by atoms with Crippen LogP contribution in [0.2, 0.25) is 0 Å². The number of nitrogens with one attached hydrogen (secondary N) is 1. The van der Waals surface area contributed by atoms with E-state index in [0.717, 1.165) is 56.3 Å². The second-order valence-electron chi connectivity index (χ2n) is 9.19. The van der Waals surface area contributed by atoms with Gasteiger partial charge in [-0.2, -0.15) is 0 Å². The van der Waals surface area contributed by atoms with Crippen molar-refractivity contribution >= 4 is 11.8 Å². The van der Waals surface area contributed by atoms with Crippen LogP contribution in [0.25, 0.3) is 0 Å². The zero-order valence-corrected chi connectivity index (χ0v) is 18.1. The number of piperidine rings is 2. The van der Waals surface area contributed by atoms with Gasteiger partial charge >= 0.3 is 0 Å². The molecule has 29 heavy (non-hydrogen) atoms. The molecule has 1 aromatic rings. The Kier molecular flexibility index (Phi) is 8.10. The monoisotopic (exact) mass is 399 g/mol. The van der Waals surface area contributed by atoms with Crippen LogP contribution in [0.4, 0.5) is 0 Å². The minimum absolute atomic E-state index is 0.0708. The number of hydrogen-bond acceptors (Lipinski definition) is 3. The Hall–Kier alpha value is -1.88. The molecule has 2 saturated heterocycles. The molecule has 2 aliphatic rings. The quantitative estimate of drug-likeness (QED) is 0.717. The smallest absolute Gasteiger partial charge is 0.227 e. The fraction of sp³-hybridized carbons (Fsp3) is 0.667. The molecule has 2 amide bonds. The summed E-state index contributed by atoms with van der Waals surface area (Å²) in [5, 5.41) is 3.12. The Bertz CT molecular complexity index is 653. The number of nitrogens with zero attached hydrogens (tertiary/aromatic N) is 2. The summed E-state index contributed by atoms with van der Waals surface area (Å²) < 4.78 is 0. The first kappa shape index (κ1) is 21.8. The van der Waals surface area contributed by atoms with Crippen LogP contribution in [0.3, 0.4) is 0 Å². The van der Waals surface area contributed by atoms with Crippen molar-refractivity contribution in [3.8, 4) is 0 Å². The van der Waals surface area contributed by atoms with Gasteiger partial charge < -0.3 is 15.1 Å². The Morgan fingerprint density at radius 3 is 2.52 bits per heavy atom. The van der Waals surface area contributed by atoms with Crippen molar-refractivity contribution in [1.29, 1.82) is 0 Å². The van der Waals surface area contributed by atoms with E-state index in [4.69, 9.17) is 0 Å². The van der Waals surface area contributed by atoms with Gasteiger partial charge in [-0.1, -0.05) is 44.2 Å². The van der Waals surface area contributed by atoms with E-state index in [0.29, 0.717) is 13.0 Å². The third-order valence-corrected chi connectivity index (χ3v) is 6.24. The highest BCUT2D eigenvalue weighted by atomic mass is 16.2.